The van der Waals surface area contributed by atoms with Crippen LogP contribution in [-0.4, -0.2) is 55.6 Å². The molecular formula is C19H28IN5S. The lowest BCUT2D eigenvalue weighted by Crippen LogP contribution is -2.54. The summed E-state index contributed by atoms with van der Waals surface area (Å²) in [6, 6.07) is 10.4. The molecule has 2 aromatic heterocycles. The predicted molar refractivity (Wildman–Crippen MR) is 122 cm³/mol. The van der Waals surface area contributed by atoms with E-state index in [0.29, 0.717) is 0 Å². The first-order chi connectivity index (χ1) is 12.1. The molecule has 26 heavy (non-hydrogen) atoms. The minimum absolute atomic E-state index is 0. The third kappa shape index (κ3) is 5.09. The maximum atomic E-state index is 4.49. The molecule has 7 heteroatoms. The monoisotopic (exact) mass is 485 g/mol. The second-order valence-electron chi connectivity index (χ2n) is 6.92. The molecule has 1 saturated heterocycles. The molecule has 2 aromatic rings. The second kappa shape index (κ2) is 9.55. The fourth-order valence-corrected chi connectivity index (χ4v) is 3.92. The number of hydrogen-bond acceptors (Lipinski definition) is 4. The molecular weight excluding hydrogens is 457 g/mol. The molecule has 3 rings (SSSR count). The summed E-state index contributed by atoms with van der Waals surface area (Å²) in [4.78, 5) is 15.0. The van der Waals surface area contributed by atoms with Crippen LogP contribution in [0, 0.1) is 0 Å². The Bertz CT molecular complexity index is 679. The summed E-state index contributed by atoms with van der Waals surface area (Å²) in [5, 5.41) is 5.71. The second-order valence-corrected chi connectivity index (χ2v) is 7.87. The summed E-state index contributed by atoms with van der Waals surface area (Å²) >= 11 is 1.82. The van der Waals surface area contributed by atoms with Crippen molar-refractivity contribution >= 4 is 47.1 Å². The molecule has 0 saturated carbocycles. The van der Waals surface area contributed by atoms with Crippen molar-refractivity contribution in [3.05, 3.63) is 46.8 Å². The predicted octanol–water partition coefficient (Wildman–Crippen LogP) is 3.44. The lowest BCUT2D eigenvalue weighted by atomic mass is 9.91. The Hall–Kier alpha value is -1.35. The number of anilines is 1. The molecule has 0 atom stereocenters. The molecule has 1 N–H and O–H groups in total. The van der Waals surface area contributed by atoms with Gasteiger partial charge >= 0.3 is 0 Å². The lowest BCUT2D eigenvalue weighted by Gasteiger charge is -2.37. The number of guanidine groups is 1. The summed E-state index contributed by atoms with van der Waals surface area (Å²) in [5.41, 5.74) is 0.0971. The minimum atomic E-state index is 0. The smallest absolute Gasteiger partial charge is 0.193 e. The average Bonchev–Trinajstić information content (AvgIpc) is 3.19. The number of rotatable bonds is 4. The van der Waals surface area contributed by atoms with E-state index in [0.717, 1.165) is 44.5 Å². The van der Waals surface area contributed by atoms with Gasteiger partial charge in [0.1, 0.15) is 5.82 Å². The van der Waals surface area contributed by atoms with Gasteiger partial charge in [-0.2, -0.15) is 0 Å². The van der Waals surface area contributed by atoms with Crippen molar-refractivity contribution in [3.8, 4) is 0 Å². The van der Waals surface area contributed by atoms with Crippen LogP contribution in [0.4, 0.5) is 5.82 Å². The van der Waals surface area contributed by atoms with E-state index >= 15 is 0 Å². The molecule has 1 fully saturated rings. The number of halogens is 1. The molecule has 3 heterocycles. The number of nitrogens with one attached hydrogen (secondary N) is 1. The van der Waals surface area contributed by atoms with Crippen LogP contribution >= 0.6 is 35.3 Å². The van der Waals surface area contributed by atoms with Gasteiger partial charge in [0, 0.05) is 56.3 Å². The number of aliphatic imine (C=N–C) groups is 1. The Balaban J connectivity index is 0.00000243. The van der Waals surface area contributed by atoms with E-state index in [-0.39, 0.29) is 29.4 Å². The molecule has 0 amide bonds. The highest BCUT2D eigenvalue weighted by Gasteiger charge is 2.25. The normalized spacial score (nSPS) is 15.6. The third-order valence-electron chi connectivity index (χ3n) is 4.64. The van der Waals surface area contributed by atoms with E-state index in [1.807, 2.05) is 36.7 Å². The number of aromatic nitrogens is 1. The summed E-state index contributed by atoms with van der Waals surface area (Å²) in [6.07, 6.45) is 1.86. The Labute approximate surface area is 177 Å². The number of piperazine rings is 1. The molecule has 5 nitrogen and oxygen atoms in total. The summed E-state index contributed by atoms with van der Waals surface area (Å²) < 4.78 is 0. The summed E-state index contributed by atoms with van der Waals surface area (Å²) in [7, 11) is 1.87. The molecule has 0 aromatic carbocycles. The van der Waals surface area contributed by atoms with Crippen molar-refractivity contribution in [2.24, 2.45) is 4.99 Å². The Morgan fingerprint density at radius 3 is 2.54 bits per heavy atom. The first-order valence-electron chi connectivity index (χ1n) is 8.76. The highest BCUT2D eigenvalue weighted by atomic mass is 127. The molecule has 0 unspecified atom stereocenters. The Morgan fingerprint density at radius 1 is 1.19 bits per heavy atom. The molecule has 0 spiro atoms. The van der Waals surface area contributed by atoms with Gasteiger partial charge in [-0.05, 0) is 23.6 Å². The van der Waals surface area contributed by atoms with Gasteiger partial charge in [0.05, 0.1) is 0 Å². The molecule has 0 aliphatic carbocycles. The van der Waals surface area contributed by atoms with Gasteiger partial charge in [0.15, 0.2) is 5.96 Å². The maximum absolute atomic E-state index is 4.49. The van der Waals surface area contributed by atoms with Crippen molar-refractivity contribution in [1.82, 2.24) is 15.2 Å². The zero-order valence-corrected chi connectivity index (χ0v) is 18.8. The number of thiophene rings is 1. The molecule has 1 aliphatic rings. The van der Waals surface area contributed by atoms with Gasteiger partial charge in [0.25, 0.3) is 0 Å². The minimum Gasteiger partial charge on any atom is -0.355 e. The van der Waals surface area contributed by atoms with Crippen molar-refractivity contribution in [2.75, 3.05) is 44.7 Å². The lowest BCUT2D eigenvalue weighted by molar-refractivity contribution is 0.366. The SMILES string of the molecule is CN=C(NCC(C)(C)c1cccs1)N1CCN(c2ccccn2)CC1.I. The zero-order chi connectivity index (χ0) is 17.7. The Kier molecular flexibility index (Phi) is 7.69. The molecule has 0 bridgehead atoms. The summed E-state index contributed by atoms with van der Waals surface area (Å²) in [5.74, 6) is 2.05. The fraction of sp³-hybridized carbons (Fsp3) is 0.474. The fourth-order valence-electron chi connectivity index (χ4n) is 3.07. The van der Waals surface area contributed by atoms with E-state index in [4.69, 9.17) is 0 Å². The third-order valence-corrected chi connectivity index (χ3v) is 5.88. The maximum Gasteiger partial charge on any atom is 0.193 e. The van der Waals surface area contributed by atoms with Crippen molar-refractivity contribution in [2.45, 2.75) is 19.3 Å². The first-order valence-corrected chi connectivity index (χ1v) is 9.64. The highest BCUT2D eigenvalue weighted by molar-refractivity contribution is 14.0. The largest absolute Gasteiger partial charge is 0.355 e. The van der Waals surface area contributed by atoms with Crippen LogP contribution < -0.4 is 10.2 Å². The Morgan fingerprint density at radius 2 is 1.96 bits per heavy atom. The molecule has 0 radical (unpaired) electrons. The van der Waals surface area contributed by atoms with Crippen LogP contribution in [0.3, 0.4) is 0 Å². The number of pyridine rings is 1. The first kappa shape index (κ1) is 21.0. The van der Waals surface area contributed by atoms with E-state index < -0.39 is 0 Å². The van der Waals surface area contributed by atoms with Gasteiger partial charge in [-0.25, -0.2) is 4.98 Å². The van der Waals surface area contributed by atoms with Crippen molar-refractivity contribution < 1.29 is 0 Å². The topological polar surface area (TPSA) is 43.8 Å². The van der Waals surface area contributed by atoms with Crippen LogP contribution in [0.15, 0.2) is 46.9 Å². The van der Waals surface area contributed by atoms with Crippen LogP contribution in [0.25, 0.3) is 0 Å². The van der Waals surface area contributed by atoms with Crippen LogP contribution in [-0.2, 0) is 5.41 Å². The number of nitrogens with zero attached hydrogens (tertiary/aromatic N) is 4. The average molecular weight is 485 g/mol. The van der Waals surface area contributed by atoms with Crippen LogP contribution in [0.5, 0.6) is 0 Å². The molecule has 1 aliphatic heterocycles. The molecule has 142 valence electrons. The van der Waals surface area contributed by atoms with Gasteiger partial charge < -0.3 is 15.1 Å². The van der Waals surface area contributed by atoms with E-state index in [2.05, 4.69) is 62.5 Å². The van der Waals surface area contributed by atoms with Gasteiger partial charge in [-0.3, -0.25) is 4.99 Å². The van der Waals surface area contributed by atoms with E-state index in [9.17, 15) is 0 Å². The highest BCUT2D eigenvalue weighted by Crippen LogP contribution is 2.26. The van der Waals surface area contributed by atoms with Gasteiger partial charge in [0.2, 0.25) is 0 Å². The standard InChI is InChI=1S/C19H27N5S.HI/c1-19(2,16-7-6-14-25-16)15-22-18(20-3)24-12-10-23(11-13-24)17-8-4-5-9-21-17;/h4-9,14H,10-13,15H2,1-3H3,(H,20,22);1H. The zero-order valence-electron chi connectivity index (χ0n) is 15.7. The van der Waals surface area contributed by atoms with Crippen molar-refractivity contribution in [1.29, 1.82) is 0 Å². The quantitative estimate of drug-likeness (QED) is 0.410. The van der Waals surface area contributed by atoms with Crippen LogP contribution in [0.2, 0.25) is 0 Å². The van der Waals surface area contributed by atoms with Crippen LogP contribution in [0.1, 0.15) is 18.7 Å². The number of hydrogen-bond donors (Lipinski definition) is 1. The van der Waals surface area contributed by atoms with E-state index in [1.165, 1.54) is 4.88 Å². The summed E-state index contributed by atoms with van der Waals surface area (Å²) in [6.45, 7) is 9.26. The van der Waals surface area contributed by atoms with Gasteiger partial charge in [-0.15, -0.1) is 35.3 Å². The van der Waals surface area contributed by atoms with Gasteiger partial charge in [-0.1, -0.05) is 26.0 Å². The van der Waals surface area contributed by atoms with Crippen molar-refractivity contribution in [3.63, 3.8) is 0 Å². The van der Waals surface area contributed by atoms with E-state index in [1.54, 1.807) is 0 Å².